The zero-order chi connectivity index (χ0) is 16.0. The molecule has 0 amide bonds. The van der Waals surface area contributed by atoms with Crippen LogP contribution in [0.4, 0.5) is 0 Å². The maximum absolute atomic E-state index is 12.8. The number of hydrogen-bond donors (Lipinski definition) is 1. The molecule has 0 atom stereocenters. The van der Waals surface area contributed by atoms with Gasteiger partial charge in [-0.25, -0.2) is 8.42 Å². The lowest BCUT2D eigenvalue weighted by molar-refractivity contribution is 0.423. The standard InChI is InChI=1S/C16H22N2O2S2.ClH/c1-2-15-8-9-16(21-15)22(19,20)18(13-11-17)12-10-14-6-4-3-5-7-14;/h3-9H,2,10-13,17H2,1H3;1H. The maximum atomic E-state index is 12.8. The Morgan fingerprint density at radius 2 is 1.78 bits per heavy atom. The summed E-state index contributed by atoms with van der Waals surface area (Å²) in [7, 11) is -3.45. The third-order valence-electron chi connectivity index (χ3n) is 3.45. The Balaban J connectivity index is 0.00000264. The van der Waals surface area contributed by atoms with E-state index in [2.05, 4.69) is 0 Å². The highest BCUT2D eigenvalue weighted by molar-refractivity contribution is 7.91. The van der Waals surface area contributed by atoms with E-state index in [1.165, 1.54) is 15.6 Å². The van der Waals surface area contributed by atoms with Crippen LogP contribution >= 0.6 is 23.7 Å². The normalized spacial score (nSPS) is 11.4. The number of nitrogens with two attached hydrogens (primary N) is 1. The Morgan fingerprint density at radius 3 is 2.35 bits per heavy atom. The fourth-order valence-electron chi connectivity index (χ4n) is 2.21. The van der Waals surface area contributed by atoms with Gasteiger partial charge in [0.15, 0.2) is 0 Å². The number of halogens is 1. The van der Waals surface area contributed by atoms with Crippen LogP contribution in [0, 0.1) is 0 Å². The molecule has 0 saturated heterocycles. The molecule has 0 saturated carbocycles. The highest BCUT2D eigenvalue weighted by Gasteiger charge is 2.25. The number of nitrogens with zero attached hydrogens (tertiary/aromatic N) is 1. The summed E-state index contributed by atoms with van der Waals surface area (Å²) in [5.74, 6) is 0. The molecule has 7 heteroatoms. The Kier molecular flexibility index (Phi) is 8.22. The Morgan fingerprint density at radius 1 is 1.09 bits per heavy atom. The van der Waals surface area contributed by atoms with Gasteiger partial charge in [0.1, 0.15) is 4.21 Å². The number of sulfonamides is 1. The maximum Gasteiger partial charge on any atom is 0.252 e. The van der Waals surface area contributed by atoms with Crippen molar-refractivity contribution >= 4 is 33.8 Å². The van der Waals surface area contributed by atoms with Crippen LogP contribution in [0.3, 0.4) is 0 Å². The monoisotopic (exact) mass is 374 g/mol. The van der Waals surface area contributed by atoms with E-state index >= 15 is 0 Å². The Labute approximate surface area is 148 Å². The molecular weight excluding hydrogens is 352 g/mol. The number of aryl methyl sites for hydroxylation is 1. The molecule has 0 bridgehead atoms. The van der Waals surface area contributed by atoms with Crippen molar-refractivity contribution in [3.63, 3.8) is 0 Å². The predicted octanol–water partition coefficient (Wildman–Crippen LogP) is 2.92. The van der Waals surface area contributed by atoms with Crippen LogP contribution < -0.4 is 5.73 Å². The third kappa shape index (κ3) is 5.29. The molecule has 1 heterocycles. The second kappa shape index (κ2) is 9.39. The van der Waals surface area contributed by atoms with Gasteiger partial charge in [0.2, 0.25) is 0 Å². The SMILES string of the molecule is CCc1ccc(S(=O)(=O)N(CCN)CCc2ccccc2)s1.Cl. The van der Waals surface area contributed by atoms with Gasteiger partial charge < -0.3 is 5.73 Å². The molecule has 2 aromatic rings. The average Bonchev–Trinajstić information content (AvgIpc) is 3.02. The predicted molar refractivity (Wildman–Crippen MR) is 98.9 cm³/mol. The first-order valence-electron chi connectivity index (χ1n) is 7.40. The summed E-state index contributed by atoms with van der Waals surface area (Å²) < 4.78 is 27.4. The molecule has 0 aliphatic carbocycles. The third-order valence-corrected chi connectivity index (χ3v) is 7.05. The topological polar surface area (TPSA) is 63.4 Å². The van der Waals surface area contributed by atoms with Gasteiger partial charge >= 0.3 is 0 Å². The van der Waals surface area contributed by atoms with Gasteiger partial charge in [-0.3, -0.25) is 0 Å². The smallest absolute Gasteiger partial charge is 0.252 e. The van der Waals surface area contributed by atoms with Crippen molar-refractivity contribution < 1.29 is 8.42 Å². The fraction of sp³-hybridized carbons (Fsp3) is 0.375. The molecule has 1 aromatic heterocycles. The van der Waals surface area contributed by atoms with Crippen LogP contribution in [0.1, 0.15) is 17.4 Å². The lowest BCUT2D eigenvalue weighted by Gasteiger charge is -2.20. The van der Waals surface area contributed by atoms with Gasteiger partial charge in [-0.05, 0) is 30.5 Å². The van der Waals surface area contributed by atoms with Crippen LogP contribution in [0.15, 0.2) is 46.7 Å². The van der Waals surface area contributed by atoms with E-state index in [0.717, 1.165) is 16.9 Å². The van der Waals surface area contributed by atoms with Gasteiger partial charge in [0.05, 0.1) is 0 Å². The highest BCUT2D eigenvalue weighted by Crippen LogP contribution is 2.25. The van der Waals surface area contributed by atoms with Gasteiger partial charge in [-0.2, -0.15) is 4.31 Å². The molecule has 4 nitrogen and oxygen atoms in total. The van der Waals surface area contributed by atoms with Crippen molar-refractivity contribution in [2.24, 2.45) is 5.73 Å². The van der Waals surface area contributed by atoms with E-state index in [0.29, 0.717) is 30.3 Å². The van der Waals surface area contributed by atoms with E-state index in [4.69, 9.17) is 5.73 Å². The van der Waals surface area contributed by atoms with Crippen molar-refractivity contribution in [1.29, 1.82) is 0 Å². The molecule has 0 aliphatic heterocycles. The second-order valence-electron chi connectivity index (χ2n) is 5.00. The summed E-state index contributed by atoms with van der Waals surface area (Å²) >= 11 is 1.35. The number of rotatable bonds is 8. The lowest BCUT2D eigenvalue weighted by Crippen LogP contribution is -2.36. The van der Waals surface area contributed by atoms with E-state index in [1.807, 2.05) is 43.3 Å². The van der Waals surface area contributed by atoms with Gasteiger partial charge in [-0.15, -0.1) is 23.7 Å². The van der Waals surface area contributed by atoms with E-state index in [9.17, 15) is 8.42 Å². The highest BCUT2D eigenvalue weighted by atomic mass is 35.5. The van der Waals surface area contributed by atoms with Crippen LogP contribution in [-0.4, -0.2) is 32.4 Å². The molecule has 0 fully saturated rings. The first-order valence-corrected chi connectivity index (χ1v) is 9.66. The number of benzene rings is 1. The summed E-state index contributed by atoms with van der Waals surface area (Å²) in [5, 5.41) is 0. The van der Waals surface area contributed by atoms with E-state index < -0.39 is 10.0 Å². The molecule has 1 aromatic carbocycles. The van der Waals surface area contributed by atoms with Crippen molar-refractivity contribution in [1.82, 2.24) is 4.31 Å². The quantitative estimate of drug-likeness (QED) is 0.772. The number of hydrogen-bond acceptors (Lipinski definition) is 4. The molecular formula is C16H23ClN2O2S2. The van der Waals surface area contributed by atoms with E-state index in [1.54, 1.807) is 6.07 Å². The van der Waals surface area contributed by atoms with Gasteiger partial charge in [0, 0.05) is 24.5 Å². The molecule has 0 unspecified atom stereocenters. The molecule has 2 rings (SSSR count). The zero-order valence-corrected chi connectivity index (χ0v) is 15.6. The first-order chi connectivity index (χ1) is 10.6. The molecule has 0 aliphatic rings. The minimum atomic E-state index is -3.45. The molecule has 128 valence electrons. The van der Waals surface area contributed by atoms with Crippen LogP contribution in [0.25, 0.3) is 0 Å². The zero-order valence-electron chi connectivity index (χ0n) is 13.1. The molecule has 23 heavy (non-hydrogen) atoms. The minimum Gasteiger partial charge on any atom is -0.329 e. The number of thiophene rings is 1. The van der Waals surface area contributed by atoms with Gasteiger partial charge in [0.25, 0.3) is 10.0 Å². The first kappa shape index (κ1) is 20.1. The summed E-state index contributed by atoms with van der Waals surface area (Å²) in [6.07, 6.45) is 1.53. The largest absolute Gasteiger partial charge is 0.329 e. The van der Waals surface area contributed by atoms with Crippen LogP contribution in [0.5, 0.6) is 0 Å². The lowest BCUT2D eigenvalue weighted by atomic mass is 10.1. The molecule has 2 N–H and O–H groups in total. The Bertz CT molecular complexity index is 687. The molecule has 0 spiro atoms. The van der Waals surface area contributed by atoms with Crippen molar-refractivity contribution in [3.05, 3.63) is 52.9 Å². The van der Waals surface area contributed by atoms with Crippen molar-refractivity contribution in [2.75, 3.05) is 19.6 Å². The summed E-state index contributed by atoms with van der Waals surface area (Å²) in [4.78, 5) is 1.08. The summed E-state index contributed by atoms with van der Waals surface area (Å²) in [6, 6.07) is 13.5. The van der Waals surface area contributed by atoms with Crippen molar-refractivity contribution in [2.45, 2.75) is 24.0 Å². The summed E-state index contributed by atoms with van der Waals surface area (Å²) in [5.41, 5.74) is 6.73. The van der Waals surface area contributed by atoms with Crippen LogP contribution in [0.2, 0.25) is 0 Å². The molecule has 0 radical (unpaired) electrons. The van der Waals surface area contributed by atoms with Crippen molar-refractivity contribution in [3.8, 4) is 0 Å². The summed E-state index contributed by atoms with van der Waals surface area (Å²) in [6.45, 7) is 3.13. The Hall–Kier alpha value is -0.920. The van der Waals surface area contributed by atoms with Crippen LogP contribution in [-0.2, 0) is 22.9 Å². The average molecular weight is 375 g/mol. The minimum absolute atomic E-state index is 0. The fourth-order valence-corrected chi connectivity index (χ4v) is 5.11. The second-order valence-corrected chi connectivity index (χ2v) is 8.34. The van der Waals surface area contributed by atoms with Gasteiger partial charge in [-0.1, -0.05) is 37.3 Å². The van der Waals surface area contributed by atoms with E-state index in [-0.39, 0.29) is 12.4 Å².